The second kappa shape index (κ2) is 6.10. The number of para-hydroxylation sites is 1. The van der Waals surface area contributed by atoms with Crippen molar-refractivity contribution in [2.24, 2.45) is 0 Å². The monoisotopic (exact) mass is 331 g/mol. The fraction of sp³-hybridized carbons (Fsp3) is 0.0952. The summed E-state index contributed by atoms with van der Waals surface area (Å²) in [6, 6.07) is 23.1. The molecule has 0 aliphatic carbocycles. The van der Waals surface area contributed by atoms with Crippen molar-refractivity contribution in [1.29, 1.82) is 0 Å². The van der Waals surface area contributed by atoms with Crippen LogP contribution in [0.15, 0.2) is 66.7 Å². The summed E-state index contributed by atoms with van der Waals surface area (Å²) in [5.74, 6) is 0.852. The highest BCUT2D eigenvalue weighted by Crippen LogP contribution is 2.38. The van der Waals surface area contributed by atoms with E-state index in [1.54, 1.807) is 18.4 Å². The van der Waals surface area contributed by atoms with Gasteiger partial charge in [-0.05, 0) is 42.3 Å². The van der Waals surface area contributed by atoms with Crippen LogP contribution in [0.1, 0.15) is 5.56 Å². The standard InChI is InChI=1S/C21H17NOS/c1-14-7-9-15(10-8-14)16-11-12-19(23-2)17(13-16)21-22-18-5-3-4-6-20(18)24-21/h3-13H,1-2H3. The van der Waals surface area contributed by atoms with Gasteiger partial charge < -0.3 is 4.74 Å². The maximum Gasteiger partial charge on any atom is 0.129 e. The number of aromatic nitrogens is 1. The zero-order chi connectivity index (χ0) is 16.5. The molecule has 1 aromatic heterocycles. The number of ether oxygens (including phenoxy) is 1. The Balaban J connectivity index is 1.86. The maximum atomic E-state index is 5.57. The minimum Gasteiger partial charge on any atom is -0.496 e. The van der Waals surface area contributed by atoms with Crippen LogP contribution in [0.2, 0.25) is 0 Å². The van der Waals surface area contributed by atoms with Crippen molar-refractivity contribution in [2.45, 2.75) is 6.92 Å². The van der Waals surface area contributed by atoms with Gasteiger partial charge in [0.2, 0.25) is 0 Å². The average Bonchev–Trinajstić information content (AvgIpc) is 3.06. The molecule has 3 heteroatoms. The first-order chi connectivity index (χ1) is 11.7. The zero-order valence-corrected chi connectivity index (χ0v) is 14.4. The van der Waals surface area contributed by atoms with Crippen LogP contribution in [0.25, 0.3) is 31.9 Å². The maximum absolute atomic E-state index is 5.57. The van der Waals surface area contributed by atoms with E-state index in [1.807, 2.05) is 24.3 Å². The van der Waals surface area contributed by atoms with Crippen LogP contribution in [0, 0.1) is 6.92 Å². The van der Waals surface area contributed by atoms with Crippen molar-refractivity contribution in [3.63, 3.8) is 0 Å². The summed E-state index contributed by atoms with van der Waals surface area (Å²) in [6.45, 7) is 2.10. The predicted molar refractivity (Wildman–Crippen MR) is 102 cm³/mol. The van der Waals surface area contributed by atoms with Crippen LogP contribution in [0.5, 0.6) is 5.75 Å². The molecule has 0 N–H and O–H groups in total. The molecule has 0 aliphatic rings. The molecule has 2 nitrogen and oxygen atoms in total. The molecule has 3 aromatic carbocycles. The van der Waals surface area contributed by atoms with E-state index in [1.165, 1.54) is 21.4 Å². The molecule has 0 spiro atoms. The van der Waals surface area contributed by atoms with Gasteiger partial charge in [-0.25, -0.2) is 4.98 Å². The van der Waals surface area contributed by atoms with E-state index in [-0.39, 0.29) is 0 Å². The molecular weight excluding hydrogens is 314 g/mol. The molecule has 0 bridgehead atoms. The highest BCUT2D eigenvalue weighted by Gasteiger charge is 2.13. The van der Waals surface area contributed by atoms with Crippen molar-refractivity contribution in [2.75, 3.05) is 7.11 Å². The first kappa shape index (κ1) is 14.9. The summed E-state index contributed by atoms with van der Waals surface area (Å²) >= 11 is 1.70. The predicted octanol–water partition coefficient (Wildman–Crippen LogP) is 5.95. The molecule has 0 fully saturated rings. The molecule has 24 heavy (non-hydrogen) atoms. The van der Waals surface area contributed by atoms with E-state index in [2.05, 4.69) is 49.4 Å². The number of hydrogen-bond donors (Lipinski definition) is 0. The van der Waals surface area contributed by atoms with Crippen LogP contribution in [0.4, 0.5) is 0 Å². The molecule has 0 atom stereocenters. The lowest BCUT2D eigenvalue weighted by Crippen LogP contribution is -1.89. The number of aryl methyl sites for hydroxylation is 1. The van der Waals surface area contributed by atoms with Crippen molar-refractivity contribution in [1.82, 2.24) is 4.98 Å². The van der Waals surface area contributed by atoms with Gasteiger partial charge in [0, 0.05) is 0 Å². The molecule has 1 heterocycles. The van der Waals surface area contributed by atoms with Crippen molar-refractivity contribution in [3.05, 3.63) is 72.3 Å². The third kappa shape index (κ3) is 2.68. The second-order valence-electron chi connectivity index (χ2n) is 5.77. The Kier molecular flexibility index (Phi) is 3.79. The second-order valence-corrected chi connectivity index (χ2v) is 6.80. The summed E-state index contributed by atoms with van der Waals surface area (Å²) in [6.07, 6.45) is 0. The Labute approximate surface area is 145 Å². The van der Waals surface area contributed by atoms with Crippen molar-refractivity contribution in [3.8, 4) is 27.4 Å². The van der Waals surface area contributed by atoms with Gasteiger partial charge in [-0.1, -0.05) is 48.0 Å². The molecule has 0 saturated carbocycles. The van der Waals surface area contributed by atoms with Crippen LogP contribution >= 0.6 is 11.3 Å². The number of hydrogen-bond acceptors (Lipinski definition) is 3. The summed E-state index contributed by atoms with van der Waals surface area (Å²) < 4.78 is 6.76. The molecule has 0 amide bonds. The van der Waals surface area contributed by atoms with Gasteiger partial charge in [0.05, 0.1) is 22.9 Å². The molecule has 118 valence electrons. The van der Waals surface area contributed by atoms with Gasteiger partial charge in [0.1, 0.15) is 10.8 Å². The molecule has 4 rings (SSSR count). The quantitative estimate of drug-likeness (QED) is 0.463. The lowest BCUT2D eigenvalue weighted by Gasteiger charge is -2.09. The van der Waals surface area contributed by atoms with Gasteiger partial charge in [-0.3, -0.25) is 0 Å². The number of nitrogens with zero attached hydrogens (tertiary/aromatic N) is 1. The van der Waals surface area contributed by atoms with E-state index in [0.29, 0.717) is 0 Å². The summed E-state index contributed by atoms with van der Waals surface area (Å²) in [4.78, 5) is 4.78. The smallest absolute Gasteiger partial charge is 0.129 e. The van der Waals surface area contributed by atoms with Crippen LogP contribution in [-0.2, 0) is 0 Å². The van der Waals surface area contributed by atoms with Gasteiger partial charge >= 0.3 is 0 Å². The fourth-order valence-corrected chi connectivity index (χ4v) is 3.77. The summed E-state index contributed by atoms with van der Waals surface area (Å²) in [5.41, 5.74) is 5.70. The highest BCUT2D eigenvalue weighted by molar-refractivity contribution is 7.21. The molecule has 0 saturated heterocycles. The van der Waals surface area contributed by atoms with Crippen molar-refractivity contribution >= 4 is 21.6 Å². The average molecular weight is 331 g/mol. The molecule has 4 aromatic rings. The lowest BCUT2D eigenvalue weighted by atomic mass is 10.0. The van der Waals surface area contributed by atoms with Crippen LogP contribution in [-0.4, -0.2) is 12.1 Å². The highest BCUT2D eigenvalue weighted by atomic mass is 32.1. The number of thiazole rings is 1. The largest absolute Gasteiger partial charge is 0.496 e. The van der Waals surface area contributed by atoms with E-state index < -0.39 is 0 Å². The minimum absolute atomic E-state index is 0.852. The Morgan fingerprint density at radius 3 is 2.38 bits per heavy atom. The summed E-state index contributed by atoms with van der Waals surface area (Å²) in [7, 11) is 1.71. The van der Waals surface area contributed by atoms with Crippen LogP contribution < -0.4 is 4.74 Å². The Hall–Kier alpha value is -2.65. The van der Waals surface area contributed by atoms with E-state index in [0.717, 1.165) is 21.8 Å². The van der Waals surface area contributed by atoms with E-state index in [4.69, 9.17) is 9.72 Å². The fourth-order valence-electron chi connectivity index (χ4n) is 2.79. The van der Waals surface area contributed by atoms with Gasteiger partial charge in [0.25, 0.3) is 0 Å². The lowest BCUT2D eigenvalue weighted by molar-refractivity contribution is 0.416. The van der Waals surface area contributed by atoms with Gasteiger partial charge in [0.15, 0.2) is 0 Å². The zero-order valence-electron chi connectivity index (χ0n) is 13.6. The van der Waals surface area contributed by atoms with Crippen molar-refractivity contribution < 1.29 is 4.74 Å². The first-order valence-corrected chi connectivity index (χ1v) is 8.67. The van der Waals surface area contributed by atoms with Gasteiger partial charge in [-0.2, -0.15) is 0 Å². The SMILES string of the molecule is COc1ccc(-c2ccc(C)cc2)cc1-c1nc2ccccc2s1. The first-order valence-electron chi connectivity index (χ1n) is 7.85. The molecular formula is C21H17NOS. The number of fused-ring (bicyclic) bond motifs is 1. The molecule has 0 radical (unpaired) electrons. The third-order valence-corrected chi connectivity index (χ3v) is 5.18. The molecule has 0 aliphatic heterocycles. The van der Waals surface area contributed by atoms with E-state index >= 15 is 0 Å². The normalized spacial score (nSPS) is 10.9. The Bertz CT molecular complexity index is 969. The van der Waals surface area contributed by atoms with E-state index in [9.17, 15) is 0 Å². The number of methoxy groups -OCH3 is 1. The summed E-state index contributed by atoms with van der Waals surface area (Å²) in [5, 5.41) is 0.988. The van der Waals surface area contributed by atoms with Crippen LogP contribution in [0.3, 0.4) is 0 Å². The Morgan fingerprint density at radius 1 is 0.875 bits per heavy atom. The van der Waals surface area contributed by atoms with Gasteiger partial charge in [-0.15, -0.1) is 11.3 Å². The molecule has 0 unspecified atom stereocenters. The number of rotatable bonds is 3. The Morgan fingerprint density at radius 2 is 1.62 bits per heavy atom. The minimum atomic E-state index is 0.852. The number of benzene rings is 3. The third-order valence-electron chi connectivity index (χ3n) is 4.11. The topological polar surface area (TPSA) is 22.1 Å².